The molecule has 0 spiro atoms. The number of hydrogen-bond donors (Lipinski definition) is 1. The van der Waals surface area contributed by atoms with Gasteiger partial charge < -0.3 is 5.73 Å². The lowest BCUT2D eigenvalue weighted by Crippen LogP contribution is -2.05. The van der Waals surface area contributed by atoms with Crippen LogP contribution < -0.4 is 5.73 Å². The average molecular weight is 122 g/mol. The molecule has 2 N–H and O–H groups in total. The van der Waals surface area contributed by atoms with Gasteiger partial charge in [0.2, 0.25) is 0 Å². The van der Waals surface area contributed by atoms with E-state index in [9.17, 15) is 0 Å². The zero-order chi connectivity index (χ0) is 7.11. The lowest BCUT2D eigenvalue weighted by atomic mass is 10.4. The summed E-state index contributed by atoms with van der Waals surface area (Å²) in [7, 11) is 0. The molecule has 0 aliphatic heterocycles. The Morgan fingerprint density at radius 1 is 1.44 bits per heavy atom. The van der Waals surface area contributed by atoms with Gasteiger partial charge in [-0.2, -0.15) is 0 Å². The fourth-order valence-electron chi connectivity index (χ4n) is 0.315. The van der Waals surface area contributed by atoms with E-state index in [0.29, 0.717) is 5.84 Å². The van der Waals surface area contributed by atoms with E-state index >= 15 is 0 Å². The van der Waals surface area contributed by atoms with Crippen molar-refractivity contribution in [3.63, 3.8) is 0 Å². The molecule has 2 nitrogen and oxygen atoms in total. The lowest BCUT2D eigenvalue weighted by Gasteiger charge is -1.83. The molecule has 0 heterocycles. The maximum absolute atomic E-state index is 5.31. The standard InChI is InChI=1S/C7H10N2/c1-3-5-6-7(8)9-4-2/h3-6H,1-2H2,(H2,8,9)/b6-5-. The zero-order valence-electron chi connectivity index (χ0n) is 5.25. The van der Waals surface area contributed by atoms with Crippen molar-refractivity contribution >= 4 is 5.84 Å². The molecule has 0 amide bonds. The van der Waals surface area contributed by atoms with Gasteiger partial charge in [-0.25, -0.2) is 4.99 Å². The topological polar surface area (TPSA) is 38.4 Å². The first-order chi connectivity index (χ1) is 4.31. The largest absolute Gasteiger partial charge is 0.384 e. The molecular formula is C7H10N2. The Labute approximate surface area is 55.1 Å². The van der Waals surface area contributed by atoms with Crippen molar-refractivity contribution in [2.75, 3.05) is 0 Å². The zero-order valence-corrected chi connectivity index (χ0v) is 5.25. The molecule has 0 saturated carbocycles. The Bertz CT molecular complexity index is 154. The Balaban J connectivity index is 3.88. The van der Waals surface area contributed by atoms with Crippen LogP contribution >= 0.6 is 0 Å². The summed E-state index contributed by atoms with van der Waals surface area (Å²) in [5.74, 6) is 0.435. The summed E-state index contributed by atoms with van der Waals surface area (Å²) in [6, 6.07) is 0. The lowest BCUT2D eigenvalue weighted by molar-refractivity contribution is 1.52. The fourth-order valence-corrected chi connectivity index (χ4v) is 0.315. The van der Waals surface area contributed by atoms with Gasteiger partial charge in [0.25, 0.3) is 0 Å². The molecule has 0 aliphatic rings. The number of nitrogens with two attached hydrogens (primary N) is 1. The first-order valence-electron chi connectivity index (χ1n) is 2.54. The second-order valence-electron chi connectivity index (χ2n) is 1.33. The van der Waals surface area contributed by atoms with Crippen molar-refractivity contribution in [1.82, 2.24) is 0 Å². The van der Waals surface area contributed by atoms with E-state index in [2.05, 4.69) is 18.2 Å². The minimum absolute atomic E-state index is 0.435. The van der Waals surface area contributed by atoms with Crippen LogP contribution in [0, 0.1) is 0 Å². The number of rotatable bonds is 3. The van der Waals surface area contributed by atoms with Crippen molar-refractivity contribution in [2.45, 2.75) is 0 Å². The Morgan fingerprint density at radius 3 is 2.56 bits per heavy atom. The van der Waals surface area contributed by atoms with Gasteiger partial charge in [0.15, 0.2) is 0 Å². The summed E-state index contributed by atoms with van der Waals surface area (Å²) >= 11 is 0. The molecule has 48 valence electrons. The molecule has 0 aromatic rings. The van der Waals surface area contributed by atoms with E-state index in [1.165, 1.54) is 6.20 Å². The van der Waals surface area contributed by atoms with E-state index in [-0.39, 0.29) is 0 Å². The maximum atomic E-state index is 5.31. The first-order valence-corrected chi connectivity index (χ1v) is 2.54. The smallest absolute Gasteiger partial charge is 0.123 e. The number of amidine groups is 1. The van der Waals surface area contributed by atoms with Gasteiger partial charge >= 0.3 is 0 Å². The van der Waals surface area contributed by atoms with Gasteiger partial charge in [0.1, 0.15) is 5.84 Å². The third-order valence-corrected chi connectivity index (χ3v) is 0.643. The first kappa shape index (κ1) is 7.69. The summed E-state index contributed by atoms with van der Waals surface area (Å²) in [4.78, 5) is 3.69. The molecule has 0 aromatic carbocycles. The average Bonchev–Trinajstić information content (AvgIpc) is 1.85. The molecule has 0 unspecified atom stereocenters. The SMILES string of the molecule is C=C/C=C\C(N)=N/C=C. The summed E-state index contributed by atoms with van der Waals surface area (Å²) in [5, 5.41) is 0. The molecule has 0 fully saturated rings. The van der Waals surface area contributed by atoms with E-state index < -0.39 is 0 Å². The number of aliphatic imine (C=N–C) groups is 1. The van der Waals surface area contributed by atoms with Crippen LogP contribution in [0.2, 0.25) is 0 Å². The van der Waals surface area contributed by atoms with E-state index in [0.717, 1.165) is 0 Å². The third-order valence-electron chi connectivity index (χ3n) is 0.643. The molecule has 0 rings (SSSR count). The molecule has 0 radical (unpaired) electrons. The maximum Gasteiger partial charge on any atom is 0.123 e. The third kappa shape index (κ3) is 4.55. The highest BCUT2D eigenvalue weighted by Gasteiger charge is 1.74. The number of allylic oxidation sites excluding steroid dienone is 2. The molecule has 0 saturated heterocycles. The van der Waals surface area contributed by atoms with Crippen LogP contribution in [-0.2, 0) is 0 Å². The summed E-state index contributed by atoms with van der Waals surface area (Å²) in [6.07, 6.45) is 6.38. The van der Waals surface area contributed by atoms with Gasteiger partial charge in [0, 0.05) is 6.20 Å². The van der Waals surface area contributed by atoms with Gasteiger partial charge in [-0.1, -0.05) is 25.3 Å². The minimum Gasteiger partial charge on any atom is -0.384 e. The van der Waals surface area contributed by atoms with Crippen LogP contribution in [0.5, 0.6) is 0 Å². The molecular weight excluding hydrogens is 112 g/mol. The Morgan fingerprint density at radius 2 is 2.11 bits per heavy atom. The highest BCUT2D eigenvalue weighted by molar-refractivity contribution is 5.91. The number of nitrogens with zero attached hydrogens (tertiary/aromatic N) is 1. The molecule has 9 heavy (non-hydrogen) atoms. The summed E-state index contributed by atoms with van der Waals surface area (Å²) < 4.78 is 0. The summed E-state index contributed by atoms with van der Waals surface area (Å²) in [5.41, 5.74) is 5.31. The molecule has 0 aromatic heterocycles. The van der Waals surface area contributed by atoms with Crippen LogP contribution in [0.1, 0.15) is 0 Å². The van der Waals surface area contributed by atoms with Crippen molar-refractivity contribution in [2.24, 2.45) is 10.7 Å². The van der Waals surface area contributed by atoms with Crippen LogP contribution in [-0.4, -0.2) is 5.84 Å². The normalized spacial score (nSPS) is 11.8. The quantitative estimate of drug-likeness (QED) is 0.341. The molecule has 0 atom stereocenters. The van der Waals surface area contributed by atoms with Crippen LogP contribution in [0.25, 0.3) is 0 Å². The van der Waals surface area contributed by atoms with Crippen molar-refractivity contribution in [1.29, 1.82) is 0 Å². The summed E-state index contributed by atoms with van der Waals surface area (Å²) in [6.45, 7) is 6.85. The monoisotopic (exact) mass is 122 g/mol. The van der Waals surface area contributed by atoms with Crippen LogP contribution in [0.3, 0.4) is 0 Å². The van der Waals surface area contributed by atoms with Crippen molar-refractivity contribution in [3.8, 4) is 0 Å². The molecule has 0 bridgehead atoms. The van der Waals surface area contributed by atoms with E-state index in [1.807, 2.05) is 0 Å². The Kier molecular flexibility index (Phi) is 4.14. The number of hydrogen-bond acceptors (Lipinski definition) is 1. The predicted molar refractivity (Wildman–Crippen MR) is 41.2 cm³/mol. The van der Waals surface area contributed by atoms with Gasteiger partial charge in [0.05, 0.1) is 0 Å². The van der Waals surface area contributed by atoms with Crippen molar-refractivity contribution < 1.29 is 0 Å². The van der Waals surface area contributed by atoms with E-state index in [1.54, 1.807) is 18.2 Å². The van der Waals surface area contributed by atoms with Gasteiger partial charge in [-0.3, -0.25) is 0 Å². The predicted octanol–water partition coefficient (Wildman–Crippen LogP) is 1.23. The second kappa shape index (κ2) is 4.84. The van der Waals surface area contributed by atoms with Crippen molar-refractivity contribution in [3.05, 3.63) is 37.6 Å². The highest BCUT2D eigenvalue weighted by atomic mass is 14.8. The fraction of sp³-hybridized carbons (Fsp3) is 0. The Hall–Kier alpha value is -1.31. The van der Waals surface area contributed by atoms with E-state index in [4.69, 9.17) is 5.73 Å². The molecule has 2 heteroatoms. The van der Waals surface area contributed by atoms with Gasteiger partial charge in [-0.15, -0.1) is 0 Å². The highest BCUT2D eigenvalue weighted by Crippen LogP contribution is 1.75. The van der Waals surface area contributed by atoms with Crippen LogP contribution in [0.4, 0.5) is 0 Å². The second-order valence-corrected chi connectivity index (χ2v) is 1.33. The molecule has 0 aliphatic carbocycles. The van der Waals surface area contributed by atoms with Gasteiger partial charge in [-0.05, 0) is 6.08 Å². The van der Waals surface area contributed by atoms with Crippen LogP contribution in [0.15, 0.2) is 42.6 Å². The minimum atomic E-state index is 0.435.